The Labute approximate surface area is 103 Å². The Bertz CT molecular complexity index is 457. The number of hydrogen-bond donors (Lipinski definition) is 2. The highest BCUT2D eigenvalue weighted by atomic mass is 32.2. The van der Waals surface area contributed by atoms with Gasteiger partial charge in [0.25, 0.3) is 0 Å². The predicted octanol–water partition coefficient (Wildman–Crippen LogP) is -0.778. The van der Waals surface area contributed by atoms with Gasteiger partial charge in [0.15, 0.2) is 9.84 Å². The van der Waals surface area contributed by atoms with Crippen LogP contribution in [0.15, 0.2) is 0 Å². The van der Waals surface area contributed by atoms with Gasteiger partial charge < -0.3 is 5.73 Å². The SMILES string of the molecule is CC1(NS(=O)(=O)CCCCN)CCS(=O)(=O)C1. The summed E-state index contributed by atoms with van der Waals surface area (Å²) in [6.45, 7) is 2.10. The Kier molecular flexibility index (Phi) is 4.56. The first kappa shape index (κ1) is 14.9. The molecule has 0 bridgehead atoms. The second kappa shape index (κ2) is 5.21. The average Bonchev–Trinajstić information content (AvgIpc) is 2.39. The number of sulfone groups is 1. The largest absolute Gasteiger partial charge is 0.330 e. The summed E-state index contributed by atoms with van der Waals surface area (Å²) in [5.41, 5.74) is 4.44. The fraction of sp³-hybridized carbons (Fsp3) is 1.00. The van der Waals surface area contributed by atoms with Gasteiger partial charge in [0.2, 0.25) is 10.0 Å². The number of unbranched alkanes of at least 4 members (excludes halogenated alkanes) is 1. The molecule has 1 rings (SSSR count). The molecule has 0 amide bonds. The molecular formula is C9H20N2O4S2. The summed E-state index contributed by atoms with van der Waals surface area (Å²) in [5, 5.41) is 0. The summed E-state index contributed by atoms with van der Waals surface area (Å²) < 4.78 is 48.6. The zero-order chi connectivity index (χ0) is 13.2. The molecular weight excluding hydrogens is 264 g/mol. The zero-order valence-electron chi connectivity index (χ0n) is 9.98. The summed E-state index contributed by atoms with van der Waals surface area (Å²) >= 11 is 0. The van der Waals surface area contributed by atoms with Gasteiger partial charge in [-0.05, 0) is 32.7 Å². The van der Waals surface area contributed by atoms with E-state index in [1.165, 1.54) is 0 Å². The van der Waals surface area contributed by atoms with Gasteiger partial charge in [0.1, 0.15) is 0 Å². The molecule has 0 radical (unpaired) electrons. The Hall–Kier alpha value is -0.180. The molecule has 102 valence electrons. The quantitative estimate of drug-likeness (QED) is 0.622. The van der Waals surface area contributed by atoms with Crippen LogP contribution in [0.4, 0.5) is 0 Å². The minimum Gasteiger partial charge on any atom is -0.330 e. The van der Waals surface area contributed by atoms with Crippen molar-refractivity contribution in [2.45, 2.75) is 31.7 Å². The first-order valence-corrected chi connectivity index (χ1v) is 9.08. The van der Waals surface area contributed by atoms with Crippen LogP contribution in [-0.2, 0) is 19.9 Å². The minimum atomic E-state index is -3.42. The van der Waals surface area contributed by atoms with Crippen molar-refractivity contribution in [1.29, 1.82) is 0 Å². The van der Waals surface area contributed by atoms with E-state index in [4.69, 9.17) is 5.73 Å². The third-order valence-electron chi connectivity index (χ3n) is 2.77. The Balaban J connectivity index is 2.59. The van der Waals surface area contributed by atoms with Crippen molar-refractivity contribution < 1.29 is 16.8 Å². The first-order chi connectivity index (χ1) is 7.68. The van der Waals surface area contributed by atoms with Crippen molar-refractivity contribution in [1.82, 2.24) is 4.72 Å². The number of rotatable bonds is 6. The molecule has 3 N–H and O–H groups in total. The van der Waals surface area contributed by atoms with Gasteiger partial charge in [-0.15, -0.1) is 0 Å². The van der Waals surface area contributed by atoms with Crippen LogP contribution in [0, 0.1) is 0 Å². The maximum atomic E-state index is 11.7. The molecule has 17 heavy (non-hydrogen) atoms. The van der Waals surface area contributed by atoms with E-state index in [2.05, 4.69) is 4.72 Å². The molecule has 0 aromatic carbocycles. The van der Waals surface area contributed by atoms with Crippen LogP contribution < -0.4 is 10.5 Å². The maximum absolute atomic E-state index is 11.7. The van der Waals surface area contributed by atoms with E-state index in [0.29, 0.717) is 25.8 Å². The van der Waals surface area contributed by atoms with E-state index >= 15 is 0 Å². The zero-order valence-corrected chi connectivity index (χ0v) is 11.6. The Morgan fingerprint density at radius 2 is 2.00 bits per heavy atom. The molecule has 0 spiro atoms. The van der Waals surface area contributed by atoms with Gasteiger partial charge in [-0.3, -0.25) is 0 Å². The summed E-state index contributed by atoms with van der Waals surface area (Å²) in [6.07, 6.45) is 1.48. The van der Waals surface area contributed by atoms with Crippen LogP contribution in [0.5, 0.6) is 0 Å². The van der Waals surface area contributed by atoms with Crippen molar-refractivity contribution in [3.05, 3.63) is 0 Å². The van der Waals surface area contributed by atoms with Gasteiger partial charge >= 0.3 is 0 Å². The van der Waals surface area contributed by atoms with Gasteiger partial charge in [0.05, 0.1) is 17.3 Å². The third kappa shape index (κ3) is 4.90. The van der Waals surface area contributed by atoms with E-state index in [-0.39, 0.29) is 17.3 Å². The lowest BCUT2D eigenvalue weighted by atomic mass is 10.0. The molecule has 8 heteroatoms. The van der Waals surface area contributed by atoms with Crippen LogP contribution in [0.3, 0.4) is 0 Å². The highest BCUT2D eigenvalue weighted by Crippen LogP contribution is 2.23. The normalized spacial score (nSPS) is 28.4. The average molecular weight is 284 g/mol. The van der Waals surface area contributed by atoms with Crippen molar-refractivity contribution in [3.8, 4) is 0 Å². The van der Waals surface area contributed by atoms with Crippen LogP contribution >= 0.6 is 0 Å². The third-order valence-corrected chi connectivity index (χ3v) is 6.31. The molecule has 1 atom stereocenters. The molecule has 1 fully saturated rings. The monoisotopic (exact) mass is 284 g/mol. The highest BCUT2D eigenvalue weighted by molar-refractivity contribution is 7.92. The van der Waals surface area contributed by atoms with Crippen molar-refractivity contribution in [2.24, 2.45) is 5.73 Å². The molecule has 1 aliphatic rings. The van der Waals surface area contributed by atoms with Gasteiger partial charge in [-0.1, -0.05) is 0 Å². The van der Waals surface area contributed by atoms with E-state index in [1.54, 1.807) is 6.92 Å². The van der Waals surface area contributed by atoms with Crippen molar-refractivity contribution >= 4 is 19.9 Å². The lowest BCUT2D eigenvalue weighted by molar-refractivity contribution is 0.461. The summed E-state index contributed by atoms with van der Waals surface area (Å²) in [6, 6.07) is 0. The summed E-state index contributed by atoms with van der Waals surface area (Å²) in [5.74, 6) is -0.0647. The molecule has 1 heterocycles. The molecule has 6 nitrogen and oxygen atoms in total. The Morgan fingerprint density at radius 1 is 1.35 bits per heavy atom. The molecule has 0 aromatic rings. The number of nitrogens with two attached hydrogens (primary N) is 1. The molecule has 0 saturated carbocycles. The van der Waals surface area contributed by atoms with Gasteiger partial charge in [0, 0.05) is 5.54 Å². The van der Waals surface area contributed by atoms with E-state index in [0.717, 1.165) is 0 Å². The number of sulfonamides is 1. The topological polar surface area (TPSA) is 106 Å². The van der Waals surface area contributed by atoms with Crippen LogP contribution in [0.2, 0.25) is 0 Å². The lowest BCUT2D eigenvalue weighted by Crippen LogP contribution is -2.47. The molecule has 1 saturated heterocycles. The second-order valence-corrected chi connectivity index (χ2v) is 8.85. The standard InChI is InChI=1S/C9H20N2O4S2/c1-9(4-7-16(12,13)8-9)11-17(14,15)6-3-2-5-10/h11H,2-8,10H2,1H3. The molecule has 0 aromatic heterocycles. The lowest BCUT2D eigenvalue weighted by Gasteiger charge is -2.23. The van der Waals surface area contributed by atoms with Gasteiger partial charge in [-0.2, -0.15) is 0 Å². The van der Waals surface area contributed by atoms with Crippen LogP contribution in [-0.4, -0.2) is 46.2 Å². The summed E-state index contributed by atoms with van der Waals surface area (Å²) in [7, 11) is -6.51. The fourth-order valence-corrected chi connectivity index (χ4v) is 5.75. The number of nitrogens with one attached hydrogen (secondary N) is 1. The first-order valence-electron chi connectivity index (χ1n) is 5.60. The maximum Gasteiger partial charge on any atom is 0.212 e. The fourth-order valence-electron chi connectivity index (χ4n) is 1.95. The van der Waals surface area contributed by atoms with E-state index in [1.807, 2.05) is 0 Å². The predicted molar refractivity (Wildman–Crippen MR) is 66.9 cm³/mol. The van der Waals surface area contributed by atoms with Crippen molar-refractivity contribution in [3.63, 3.8) is 0 Å². The second-order valence-electron chi connectivity index (χ2n) is 4.82. The highest BCUT2D eigenvalue weighted by Gasteiger charge is 2.40. The molecule has 0 aliphatic carbocycles. The van der Waals surface area contributed by atoms with Gasteiger partial charge in [-0.25, -0.2) is 21.6 Å². The van der Waals surface area contributed by atoms with E-state index in [9.17, 15) is 16.8 Å². The number of hydrogen-bond acceptors (Lipinski definition) is 5. The summed E-state index contributed by atoms with van der Waals surface area (Å²) in [4.78, 5) is 0. The smallest absolute Gasteiger partial charge is 0.212 e. The molecule has 1 aliphatic heterocycles. The van der Waals surface area contributed by atoms with E-state index < -0.39 is 25.4 Å². The van der Waals surface area contributed by atoms with Crippen LogP contribution in [0.1, 0.15) is 26.2 Å². The Morgan fingerprint density at radius 3 is 2.47 bits per heavy atom. The molecule has 1 unspecified atom stereocenters. The van der Waals surface area contributed by atoms with Crippen molar-refractivity contribution in [2.75, 3.05) is 23.8 Å². The minimum absolute atomic E-state index is 0.000161. The van der Waals surface area contributed by atoms with Crippen LogP contribution in [0.25, 0.3) is 0 Å².